The lowest BCUT2D eigenvalue weighted by molar-refractivity contribution is 0.610. The molecule has 0 bridgehead atoms. The summed E-state index contributed by atoms with van der Waals surface area (Å²) in [5.41, 5.74) is 0. The first-order valence-corrected chi connectivity index (χ1v) is 6.88. The van der Waals surface area contributed by atoms with Crippen molar-refractivity contribution in [1.82, 2.24) is 4.90 Å². The number of hydrogen-bond acceptors (Lipinski definition) is 1. The van der Waals surface area contributed by atoms with E-state index in [4.69, 9.17) is 12.2 Å². The number of thiocarbonyl (C=S) groups is 1. The van der Waals surface area contributed by atoms with Crippen LogP contribution in [0.15, 0.2) is 25.1 Å². The Morgan fingerprint density at radius 2 is 1.88 bits per heavy atom. The molecule has 0 aromatic rings. The highest BCUT2D eigenvalue weighted by atomic mass is 32.1. The maximum absolute atomic E-state index is 4.93. The fourth-order valence-electron chi connectivity index (χ4n) is 1.43. The molecule has 92 valence electrons. The van der Waals surface area contributed by atoms with E-state index in [1.807, 2.05) is 6.20 Å². The molecular formula is C13H23NS2. The largest absolute Gasteiger partial charge is 0.311 e. The minimum absolute atomic E-state index is 0.536. The number of hydrogen-bond donors (Lipinski definition) is 1. The van der Waals surface area contributed by atoms with Crippen molar-refractivity contribution in [3.8, 4) is 0 Å². The summed E-state index contributed by atoms with van der Waals surface area (Å²) in [5, 5.41) is 0. The Balaban J connectivity index is 3.46. The Hall–Kier alpha value is -0.280. The van der Waals surface area contributed by atoms with Crippen molar-refractivity contribution in [2.24, 2.45) is 0 Å². The van der Waals surface area contributed by atoms with Gasteiger partial charge in [0.25, 0.3) is 0 Å². The molecule has 0 aromatic heterocycles. The molecule has 16 heavy (non-hydrogen) atoms. The lowest BCUT2D eigenvalue weighted by atomic mass is 10.1. The van der Waals surface area contributed by atoms with Crippen LogP contribution in [-0.2, 0) is 0 Å². The van der Waals surface area contributed by atoms with Crippen LogP contribution in [0.1, 0.15) is 51.9 Å². The maximum Gasteiger partial charge on any atom is 0.141 e. The highest BCUT2D eigenvalue weighted by Gasteiger charge is 1.94. The molecule has 0 unspecified atom stereocenters. The summed E-state index contributed by atoms with van der Waals surface area (Å²) in [5.74, 6) is 0. The average molecular weight is 257 g/mol. The van der Waals surface area contributed by atoms with E-state index in [0.29, 0.717) is 4.32 Å². The van der Waals surface area contributed by atoms with E-state index < -0.39 is 0 Å². The van der Waals surface area contributed by atoms with Crippen molar-refractivity contribution in [2.75, 3.05) is 0 Å². The fraction of sp³-hybridized carbons (Fsp3) is 0.615. The molecule has 0 aliphatic heterocycles. The average Bonchev–Trinajstić information content (AvgIpc) is 2.26. The lowest BCUT2D eigenvalue weighted by Crippen LogP contribution is -2.10. The van der Waals surface area contributed by atoms with Gasteiger partial charge >= 0.3 is 0 Å². The van der Waals surface area contributed by atoms with Gasteiger partial charge in [-0.25, -0.2) is 0 Å². The molecule has 0 saturated carbocycles. The van der Waals surface area contributed by atoms with Crippen LogP contribution in [0.4, 0.5) is 0 Å². The Kier molecular flexibility index (Phi) is 11.0. The lowest BCUT2D eigenvalue weighted by Gasteiger charge is -2.10. The zero-order chi connectivity index (χ0) is 12.2. The Morgan fingerprint density at radius 3 is 2.44 bits per heavy atom. The van der Waals surface area contributed by atoms with Crippen molar-refractivity contribution < 1.29 is 0 Å². The highest BCUT2D eigenvalue weighted by molar-refractivity contribution is 8.10. The van der Waals surface area contributed by atoms with E-state index in [9.17, 15) is 0 Å². The van der Waals surface area contributed by atoms with E-state index in [0.717, 1.165) is 6.42 Å². The van der Waals surface area contributed by atoms with Gasteiger partial charge < -0.3 is 4.90 Å². The number of unbranched alkanes of at least 4 members (excludes halogenated alkanes) is 6. The predicted octanol–water partition coefficient (Wildman–Crippen LogP) is 4.91. The van der Waals surface area contributed by atoms with Gasteiger partial charge in [0.2, 0.25) is 0 Å². The molecule has 3 heteroatoms. The Morgan fingerprint density at radius 1 is 1.25 bits per heavy atom. The molecule has 0 spiro atoms. The van der Waals surface area contributed by atoms with Gasteiger partial charge in [0.05, 0.1) is 0 Å². The molecule has 0 amide bonds. The summed E-state index contributed by atoms with van der Waals surface area (Å²) >= 11 is 9.02. The van der Waals surface area contributed by atoms with Crippen molar-refractivity contribution in [3.05, 3.63) is 25.1 Å². The first-order valence-electron chi connectivity index (χ1n) is 6.02. The van der Waals surface area contributed by atoms with Crippen LogP contribution >= 0.6 is 24.8 Å². The number of thiol groups is 1. The summed E-state index contributed by atoms with van der Waals surface area (Å²) in [6.07, 6.45) is 14.8. The van der Waals surface area contributed by atoms with Crippen LogP contribution in [0, 0.1) is 0 Å². The van der Waals surface area contributed by atoms with Crippen molar-refractivity contribution in [2.45, 2.75) is 51.9 Å². The van der Waals surface area contributed by atoms with Gasteiger partial charge in [-0.3, -0.25) is 0 Å². The quantitative estimate of drug-likeness (QED) is 0.355. The Bertz CT molecular complexity index is 224. The van der Waals surface area contributed by atoms with E-state index in [1.165, 1.54) is 38.5 Å². The molecule has 0 saturated heterocycles. The van der Waals surface area contributed by atoms with Crippen molar-refractivity contribution in [3.63, 3.8) is 0 Å². The smallest absolute Gasteiger partial charge is 0.141 e. The standard InChI is InChI=1S/C13H23NS2/c1-3-5-6-7-8-9-10-11-12-14(4-2)13(15)16/h4,11-12H,2-3,5-10H2,1H3,(H,15,16). The maximum atomic E-state index is 4.93. The van der Waals surface area contributed by atoms with E-state index >= 15 is 0 Å². The van der Waals surface area contributed by atoms with E-state index in [1.54, 1.807) is 11.1 Å². The summed E-state index contributed by atoms with van der Waals surface area (Å²) in [4.78, 5) is 1.75. The highest BCUT2D eigenvalue weighted by Crippen LogP contribution is 2.07. The second-order valence-corrected chi connectivity index (χ2v) is 4.93. The second kappa shape index (κ2) is 11.2. The van der Waals surface area contributed by atoms with Crippen LogP contribution in [0.5, 0.6) is 0 Å². The Labute approximate surface area is 111 Å². The van der Waals surface area contributed by atoms with Gasteiger partial charge in [0, 0.05) is 12.4 Å². The van der Waals surface area contributed by atoms with Crippen LogP contribution < -0.4 is 0 Å². The third-order valence-electron chi connectivity index (χ3n) is 2.41. The SMILES string of the molecule is C=CN(C=CCCCCCCCC)C(=S)S. The van der Waals surface area contributed by atoms with Gasteiger partial charge in [-0.2, -0.15) is 0 Å². The molecule has 1 nitrogen and oxygen atoms in total. The molecule has 0 radical (unpaired) electrons. The third-order valence-corrected chi connectivity index (χ3v) is 2.85. The number of nitrogens with zero attached hydrogens (tertiary/aromatic N) is 1. The van der Waals surface area contributed by atoms with Crippen molar-refractivity contribution >= 4 is 29.2 Å². The fourth-order valence-corrected chi connectivity index (χ4v) is 1.72. The second-order valence-electron chi connectivity index (χ2n) is 3.81. The first-order chi connectivity index (χ1) is 7.72. The molecule has 0 N–H and O–H groups in total. The molecule has 0 heterocycles. The molecule has 0 atom stereocenters. The summed E-state index contributed by atoms with van der Waals surface area (Å²) < 4.78 is 0.536. The first kappa shape index (κ1) is 15.7. The van der Waals surface area contributed by atoms with Crippen molar-refractivity contribution in [1.29, 1.82) is 0 Å². The number of rotatable bonds is 9. The summed E-state index contributed by atoms with van der Waals surface area (Å²) in [7, 11) is 0. The molecule has 0 aliphatic carbocycles. The van der Waals surface area contributed by atoms with Gasteiger partial charge in [-0.05, 0) is 12.8 Å². The topological polar surface area (TPSA) is 3.24 Å². The van der Waals surface area contributed by atoms with Gasteiger partial charge in [-0.15, -0.1) is 12.6 Å². The zero-order valence-corrected chi connectivity index (χ0v) is 11.9. The van der Waals surface area contributed by atoms with Gasteiger partial charge in [0.15, 0.2) is 0 Å². The molecule has 0 aliphatic rings. The monoisotopic (exact) mass is 257 g/mol. The van der Waals surface area contributed by atoms with Gasteiger partial charge in [0.1, 0.15) is 4.32 Å². The molecule has 0 rings (SSSR count). The van der Waals surface area contributed by atoms with E-state index in [2.05, 4.69) is 32.2 Å². The van der Waals surface area contributed by atoms with Crippen LogP contribution in [-0.4, -0.2) is 9.22 Å². The van der Waals surface area contributed by atoms with Crippen LogP contribution in [0.3, 0.4) is 0 Å². The molecule has 0 fully saturated rings. The minimum atomic E-state index is 0.536. The van der Waals surface area contributed by atoms with Gasteiger partial charge in [-0.1, -0.05) is 63.9 Å². The number of allylic oxidation sites excluding steroid dienone is 1. The third kappa shape index (κ3) is 8.98. The minimum Gasteiger partial charge on any atom is -0.311 e. The molecule has 0 aromatic carbocycles. The summed E-state index contributed by atoms with van der Waals surface area (Å²) in [6, 6.07) is 0. The predicted molar refractivity (Wildman–Crippen MR) is 80.8 cm³/mol. The zero-order valence-electron chi connectivity index (χ0n) is 10.2. The van der Waals surface area contributed by atoms with Crippen LogP contribution in [0.2, 0.25) is 0 Å². The van der Waals surface area contributed by atoms with E-state index in [-0.39, 0.29) is 0 Å². The normalized spacial score (nSPS) is 10.6. The van der Waals surface area contributed by atoms with Crippen LogP contribution in [0.25, 0.3) is 0 Å². The molecular weight excluding hydrogens is 234 g/mol. The summed E-state index contributed by atoms with van der Waals surface area (Å²) in [6.45, 7) is 5.91.